The standard InChI is InChI=1S/C17H25FN4O/c1-3-10-20-15(23)11-21-16(19-2)22-12-17(8-9-17)13-6-4-5-7-14(13)18/h4-7H,3,8-12H2,1-2H3,(H,20,23)(H2,19,21,22). The molecule has 1 aliphatic carbocycles. The van der Waals surface area contributed by atoms with Gasteiger partial charge in [0.1, 0.15) is 5.82 Å². The Bertz CT molecular complexity index is 569. The van der Waals surface area contributed by atoms with Crippen molar-refractivity contribution in [3.05, 3.63) is 35.6 Å². The van der Waals surface area contributed by atoms with E-state index in [0.29, 0.717) is 19.0 Å². The van der Waals surface area contributed by atoms with E-state index in [2.05, 4.69) is 20.9 Å². The minimum Gasteiger partial charge on any atom is -0.356 e. The van der Waals surface area contributed by atoms with E-state index < -0.39 is 0 Å². The molecule has 126 valence electrons. The van der Waals surface area contributed by atoms with Gasteiger partial charge in [-0.1, -0.05) is 25.1 Å². The highest BCUT2D eigenvalue weighted by molar-refractivity contribution is 5.86. The molecule has 0 atom stereocenters. The lowest BCUT2D eigenvalue weighted by atomic mass is 9.95. The monoisotopic (exact) mass is 320 g/mol. The number of rotatable bonds is 7. The van der Waals surface area contributed by atoms with Gasteiger partial charge in [0.25, 0.3) is 0 Å². The van der Waals surface area contributed by atoms with E-state index in [0.717, 1.165) is 24.8 Å². The molecule has 0 aromatic heterocycles. The average molecular weight is 320 g/mol. The molecule has 3 N–H and O–H groups in total. The van der Waals surface area contributed by atoms with Gasteiger partial charge in [-0.2, -0.15) is 0 Å². The quantitative estimate of drug-likeness (QED) is 0.527. The molecular formula is C17H25FN4O. The summed E-state index contributed by atoms with van der Waals surface area (Å²) in [5.74, 6) is 0.331. The molecule has 5 nitrogen and oxygen atoms in total. The number of nitrogens with zero attached hydrogens (tertiary/aromatic N) is 1. The number of carbonyl (C=O) groups excluding carboxylic acids is 1. The summed E-state index contributed by atoms with van der Waals surface area (Å²) in [5, 5.41) is 8.98. The van der Waals surface area contributed by atoms with Crippen LogP contribution >= 0.6 is 0 Å². The van der Waals surface area contributed by atoms with Gasteiger partial charge in [-0.15, -0.1) is 0 Å². The summed E-state index contributed by atoms with van der Waals surface area (Å²) in [5.41, 5.74) is 0.594. The van der Waals surface area contributed by atoms with Gasteiger partial charge in [0.15, 0.2) is 5.96 Å². The normalized spacial score (nSPS) is 15.9. The number of benzene rings is 1. The van der Waals surface area contributed by atoms with Crippen LogP contribution in [-0.2, 0) is 10.2 Å². The van der Waals surface area contributed by atoms with E-state index in [-0.39, 0.29) is 23.7 Å². The third-order valence-corrected chi connectivity index (χ3v) is 4.11. The summed E-state index contributed by atoms with van der Waals surface area (Å²) in [7, 11) is 1.65. The van der Waals surface area contributed by atoms with Gasteiger partial charge < -0.3 is 16.0 Å². The van der Waals surface area contributed by atoms with Crippen LogP contribution in [0.4, 0.5) is 4.39 Å². The van der Waals surface area contributed by atoms with Gasteiger partial charge in [-0.25, -0.2) is 4.39 Å². The Morgan fingerprint density at radius 2 is 2.00 bits per heavy atom. The smallest absolute Gasteiger partial charge is 0.239 e. The van der Waals surface area contributed by atoms with Crippen LogP contribution in [0.5, 0.6) is 0 Å². The summed E-state index contributed by atoms with van der Waals surface area (Å²) in [6.45, 7) is 3.45. The molecule has 0 saturated heterocycles. The van der Waals surface area contributed by atoms with Crippen molar-refractivity contribution in [1.82, 2.24) is 16.0 Å². The van der Waals surface area contributed by atoms with Crippen molar-refractivity contribution >= 4 is 11.9 Å². The lowest BCUT2D eigenvalue weighted by molar-refractivity contribution is -0.120. The molecule has 0 aliphatic heterocycles. The van der Waals surface area contributed by atoms with Crippen LogP contribution in [0.3, 0.4) is 0 Å². The molecule has 0 radical (unpaired) electrons. The third-order valence-electron chi connectivity index (χ3n) is 4.11. The summed E-state index contributed by atoms with van der Waals surface area (Å²) < 4.78 is 14.0. The van der Waals surface area contributed by atoms with E-state index in [1.165, 1.54) is 6.07 Å². The fraction of sp³-hybridized carbons (Fsp3) is 0.529. The topological polar surface area (TPSA) is 65.5 Å². The van der Waals surface area contributed by atoms with Crippen molar-refractivity contribution in [1.29, 1.82) is 0 Å². The second kappa shape index (κ2) is 7.94. The molecule has 1 fully saturated rings. The Hall–Kier alpha value is -2.11. The van der Waals surface area contributed by atoms with Crippen molar-refractivity contribution in [3.8, 4) is 0 Å². The number of hydrogen-bond acceptors (Lipinski definition) is 2. The van der Waals surface area contributed by atoms with Gasteiger partial charge in [0.2, 0.25) is 5.91 Å². The fourth-order valence-corrected chi connectivity index (χ4v) is 2.55. The van der Waals surface area contributed by atoms with Crippen LogP contribution in [0.25, 0.3) is 0 Å². The minimum absolute atomic E-state index is 0.0648. The number of nitrogens with one attached hydrogen (secondary N) is 3. The van der Waals surface area contributed by atoms with Crippen LogP contribution in [0.2, 0.25) is 0 Å². The first-order chi connectivity index (χ1) is 11.1. The highest BCUT2D eigenvalue weighted by Crippen LogP contribution is 2.48. The summed E-state index contributed by atoms with van der Waals surface area (Å²) in [4.78, 5) is 15.7. The SMILES string of the molecule is CCCNC(=O)CNC(=NC)NCC1(c2ccccc2F)CC1. The van der Waals surface area contributed by atoms with E-state index >= 15 is 0 Å². The number of hydrogen-bond donors (Lipinski definition) is 3. The number of halogens is 1. The van der Waals surface area contributed by atoms with Crippen molar-refractivity contribution in [2.45, 2.75) is 31.6 Å². The first kappa shape index (κ1) is 17.2. The molecule has 6 heteroatoms. The number of amides is 1. The Balaban J connectivity index is 1.84. The zero-order valence-corrected chi connectivity index (χ0v) is 13.8. The van der Waals surface area contributed by atoms with Gasteiger partial charge in [-0.05, 0) is 30.9 Å². The van der Waals surface area contributed by atoms with Crippen LogP contribution in [-0.4, -0.2) is 38.5 Å². The van der Waals surface area contributed by atoms with Gasteiger partial charge in [-0.3, -0.25) is 9.79 Å². The van der Waals surface area contributed by atoms with Crippen LogP contribution in [0.15, 0.2) is 29.3 Å². The molecule has 1 amide bonds. The highest BCUT2D eigenvalue weighted by atomic mass is 19.1. The van der Waals surface area contributed by atoms with Crippen molar-refractivity contribution in [3.63, 3.8) is 0 Å². The number of aliphatic imine (C=N–C) groups is 1. The lowest BCUT2D eigenvalue weighted by Crippen LogP contribution is -2.45. The molecule has 1 aliphatic rings. The Kier molecular flexibility index (Phi) is 5.96. The van der Waals surface area contributed by atoms with Crippen molar-refractivity contribution < 1.29 is 9.18 Å². The zero-order valence-electron chi connectivity index (χ0n) is 13.8. The first-order valence-corrected chi connectivity index (χ1v) is 8.07. The van der Waals surface area contributed by atoms with E-state index in [1.807, 2.05) is 19.1 Å². The lowest BCUT2D eigenvalue weighted by Gasteiger charge is -2.19. The molecule has 0 unspecified atom stereocenters. The first-order valence-electron chi connectivity index (χ1n) is 8.07. The predicted octanol–water partition coefficient (Wildman–Crippen LogP) is 1.55. The second-order valence-corrected chi connectivity index (χ2v) is 5.89. The average Bonchev–Trinajstić information content (AvgIpc) is 3.34. The molecule has 0 spiro atoms. The van der Waals surface area contributed by atoms with Crippen LogP contribution in [0, 0.1) is 5.82 Å². The third kappa shape index (κ3) is 4.68. The van der Waals surface area contributed by atoms with E-state index in [9.17, 15) is 9.18 Å². The largest absolute Gasteiger partial charge is 0.356 e. The maximum atomic E-state index is 14.0. The van der Waals surface area contributed by atoms with E-state index in [1.54, 1.807) is 13.1 Å². The van der Waals surface area contributed by atoms with Crippen molar-refractivity contribution in [2.24, 2.45) is 4.99 Å². The van der Waals surface area contributed by atoms with Crippen LogP contribution < -0.4 is 16.0 Å². The summed E-state index contributed by atoms with van der Waals surface area (Å²) in [6.07, 6.45) is 2.81. The molecule has 0 bridgehead atoms. The molecular weight excluding hydrogens is 295 g/mol. The number of carbonyl (C=O) groups is 1. The predicted molar refractivity (Wildman–Crippen MR) is 90.0 cm³/mol. The van der Waals surface area contributed by atoms with Gasteiger partial charge in [0, 0.05) is 25.6 Å². The zero-order chi connectivity index (χ0) is 16.7. The summed E-state index contributed by atoms with van der Waals surface area (Å²) in [6, 6.07) is 6.92. The minimum atomic E-state index is -0.159. The molecule has 0 heterocycles. The van der Waals surface area contributed by atoms with E-state index in [4.69, 9.17) is 0 Å². The molecule has 1 saturated carbocycles. The Labute approximate surface area is 136 Å². The van der Waals surface area contributed by atoms with Gasteiger partial charge >= 0.3 is 0 Å². The summed E-state index contributed by atoms with van der Waals surface area (Å²) >= 11 is 0. The van der Waals surface area contributed by atoms with Crippen molar-refractivity contribution in [2.75, 3.05) is 26.7 Å². The Morgan fingerprint density at radius 1 is 1.26 bits per heavy atom. The Morgan fingerprint density at radius 3 is 2.61 bits per heavy atom. The maximum absolute atomic E-state index is 14.0. The maximum Gasteiger partial charge on any atom is 0.239 e. The second-order valence-electron chi connectivity index (χ2n) is 5.89. The number of guanidine groups is 1. The molecule has 1 aromatic rings. The van der Waals surface area contributed by atoms with Gasteiger partial charge in [0.05, 0.1) is 6.54 Å². The molecule has 1 aromatic carbocycles. The van der Waals surface area contributed by atoms with Crippen LogP contribution in [0.1, 0.15) is 31.7 Å². The fourth-order valence-electron chi connectivity index (χ4n) is 2.55. The highest BCUT2D eigenvalue weighted by Gasteiger charge is 2.45. The molecule has 23 heavy (non-hydrogen) atoms. The molecule has 2 rings (SSSR count).